The van der Waals surface area contributed by atoms with Gasteiger partial charge in [0.15, 0.2) is 5.78 Å². The van der Waals surface area contributed by atoms with Crippen LogP contribution in [0, 0.1) is 5.92 Å². The number of hydrogen-bond acceptors (Lipinski definition) is 4. The van der Waals surface area contributed by atoms with Crippen molar-refractivity contribution in [2.75, 3.05) is 13.7 Å². The quantitative estimate of drug-likeness (QED) is 0.340. The zero-order valence-corrected chi connectivity index (χ0v) is 21.0. The van der Waals surface area contributed by atoms with Gasteiger partial charge in [0.2, 0.25) is 5.91 Å². The molecule has 0 saturated heterocycles. The average Bonchev–Trinajstić information content (AvgIpc) is 3.42. The summed E-state index contributed by atoms with van der Waals surface area (Å²) in [6.45, 7) is 1.93. The van der Waals surface area contributed by atoms with Crippen molar-refractivity contribution in [3.63, 3.8) is 0 Å². The number of fused-ring (bicyclic) bond motifs is 1. The normalized spacial score (nSPS) is 18.2. The number of carbonyl (C=O) groups excluding carboxylic acids is 3. The number of rotatable bonds is 8. The van der Waals surface area contributed by atoms with Gasteiger partial charge in [-0.3, -0.25) is 14.4 Å². The van der Waals surface area contributed by atoms with E-state index in [2.05, 4.69) is 10.3 Å². The van der Waals surface area contributed by atoms with Crippen molar-refractivity contribution in [3.8, 4) is 5.75 Å². The molecule has 0 aliphatic heterocycles. The lowest BCUT2D eigenvalue weighted by Gasteiger charge is -2.24. The lowest BCUT2D eigenvalue weighted by Crippen LogP contribution is -2.27. The summed E-state index contributed by atoms with van der Waals surface area (Å²) in [6, 6.07) is 25.1. The van der Waals surface area contributed by atoms with Crippen LogP contribution in [0.1, 0.15) is 47.6 Å². The molecule has 3 unspecified atom stereocenters. The molecule has 0 bridgehead atoms. The van der Waals surface area contributed by atoms with Gasteiger partial charge >= 0.3 is 0 Å². The number of amides is 1. The Morgan fingerprint density at radius 1 is 1.03 bits per heavy atom. The largest absolute Gasteiger partial charge is 0.497 e. The third kappa shape index (κ3) is 4.79. The molecule has 0 spiro atoms. The van der Waals surface area contributed by atoms with E-state index in [4.69, 9.17) is 4.74 Å². The number of methoxy groups -OCH3 is 1. The summed E-state index contributed by atoms with van der Waals surface area (Å²) in [6.07, 6.45) is 0.745. The molecule has 0 radical (unpaired) electrons. The van der Waals surface area contributed by atoms with Crippen LogP contribution < -0.4 is 10.1 Å². The first-order valence-corrected chi connectivity index (χ1v) is 12.6. The van der Waals surface area contributed by atoms with Crippen LogP contribution in [0.4, 0.5) is 0 Å². The van der Waals surface area contributed by atoms with Crippen LogP contribution in [0.15, 0.2) is 78.9 Å². The number of ketones is 2. The second-order valence-corrected chi connectivity index (χ2v) is 9.56. The van der Waals surface area contributed by atoms with E-state index in [9.17, 15) is 14.4 Å². The van der Waals surface area contributed by atoms with Gasteiger partial charge in [-0.25, -0.2) is 0 Å². The molecule has 3 atom stereocenters. The van der Waals surface area contributed by atoms with Crippen molar-refractivity contribution < 1.29 is 19.1 Å². The first kappa shape index (κ1) is 24.5. The van der Waals surface area contributed by atoms with E-state index in [1.165, 1.54) is 6.92 Å². The van der Waals surface area contributed by atoms with Crippen molar-refractivity contribution in [3.05, 3.63) is 101 Å². The fraction of sp³-hybridized carbons (Fsp3) is 0.258. The standard InChI is InChI=1S/C31H30N2O4/c1-19(34)32-16-15-23-25-17-22(37-2)13-14-26(25)33-30(23)28(21-11-7-4-8-12-21)29-27(35)18-24(31(29)36)20-9-5-3-6-10-20/h3-14,17,24,28-29,33H,15-16,18H2,1-2H3,(H,32,34). The highest BCUT2D eigenvalue weighted by Crippen LogP contribution is 2.45. The van der Waals surface area contributed by atoms with Crippen molar-refractivity contribution >= 4 is 28.4 Å². The van der Waals surface area contributed by atoms with E-state index in [1.54, 1.807) is 7.11 Å². The molecule has 6 heteroatoms. The van der Waals surface area contributed by atoms with Gasteiger partial charge in [-0.15, -0.1) is 0 Å². The van der Waals surface area contributed by atoms with E-state index in [1.807, 2.05) is 78.9 Å². The topological polar surface area (TPSA) is 88.3 Å². The monoisotopic (exact) mass is 494 g/mol. The van der Waals surface area contributed by atoms with Gasteiger partial charge in [0, 0.05) is 42.4 Å². The lowest BCUT2D eigenvalue weighted by atomic mass is 9.78. The molecule has 1 aromatic heterocycles. The van der Waals surface area contributed by atoms with Gasteiger partial charge < -0.3 is 15.0 Å². The maximum atomic E-state index is 13.9. The van der Waals surface area contributed by atoms with Gasteiger partial charge in [0.1, 0.15) is 11.5 Å². The van der Waals surface area contributed by atoms with Gasteiger partial charge in [0.05, 0.1) is 18.9 Å². The van der Waals surface area contributed by atoms with E-state index in [0.29, 0.717) is 18.7 Å². The number of H-pyrrole nitrogens is 1. The number of hydrogen-bond donors (Lipinski definition) is 2. The highest BCUT2D eigenvalue weighted by atomic mass is 16.5. The lowest BCUT2D eigenvalue weighted by molar-refractivity contribution is -0.128. The molecule has 1 amide bonds. The number of benzene rings is 3. The number of carbonyl (C=O) groups is 3. The van der Waals surface area contributed by atoms with Crippen LogP contribution in [-0.2, 0) is 20.8 Å². The molecule has 5 rings (SSSR count). The molecule has 3 aromatic carbocycles. The molecule has 2 N–H and O–H groups in total. The molecular weight excluding hydrogens is 464 g/mol. The van der Waals surface area contributed by atoms with Crippen molar-refractivity contribution in [2.24, 2.45) is 5.92 Å². The Morgan fingerprint density at radius 2 is 1.73 bits per heavy atom. The minimum Gasteiger partial charge on any atom is -0.497 e. The maximum absolute atomic E-state index is 13.9. The van der Waals surface area contributed by atoms with Gasteiger partial charge in [-0.2, -0.15) is 0 Å². The van der Waals surface area contributed by atoms with Crippen LogP contribution in [0.25, 0.3) is 10.9 Å². The highest BCUT2D eigenvalue weighted by molar-refractivity contribution is 6.13. The molecule has 4 aromatic rings. The third-order valence-electron chi connectivity index (χ3n) is 7.30. The number of aromatic amines is 1. The first-order chi connectivity index (χ1) is 18.0. The van der Waals surface area contributed by atoms with Crippen LogP contribution in [0.3, 0.4) is 0 Å². The molecular formula is C31H30N2O4. The summed E-state index contributed by atoms with van der Waals surface area (Å²) >= 11 is 0. The molecule has 1 fully saturated rings. The summed E-state index contributed by atoms with van der Waals surface area (Å²) < 4.78 is 5.48. The molecule has 6 nitrogen and oxygen atoms in total. The van der Waals surface area contributed by atoms with Crippen molar-refractivity contribution in [2.45, 2.75) is 31.6 Å². The zero-order valence-electron chi connectivity index (χ0n) is 21.0. The smallest absolute Gasteiger partial charge is 0.216 e. The molecule has 1 saturated carbocycles. The predicted molar refractivity (Wildman–Crippen MR) is 143 cm³/mol. The van der Waals surface area contributed by atoms with E-state index >= 15 is 0 Å². The zero-order chi connectivity index (χ0) is 25.9. The molecule has 188 valence electrons. The van der Waals surface area contributed by atoms with E-state index in [0.717, 1.165) is 33.3 Å². The Kier molecular flexibility index (Phi) is 6.91. The fourth-order valence-electron chi connectivity index (χ4n) is 5.58. The Labute approximate surface area is 216 Å². The molecule has 1 heterocycles. The van der Waals surface area contributed by atoms with Crippen LogP contribution >= 0.6 is 0 Å². The second-order valence-electron chi connectivity index (χ2n) is 9.56. The summed E-state index contributed by atoms with van der Waals surface area (Å²) in [4.78, 5) is 42.7. The minimum absolute atomic E-state index is 0.0447. The molecule has 1 aliphatic rings. The van der Waals surface area contributed by atoms with Crippen molar-refractivity contribution in [1.82, 2.24) is 10.3 Å². The highest BCUT2D eigenvalue weighted by Gasteiger charge is 2.47. The number of ether oxygens (including phenoxy) is 1. The summed E-state index contributed by atoms with van der Waals surface area (Å²) in [5.74, 6) is -1.21. The fourth-order valence-corrected chi connectivity index (χ4v) is 5.58. The van der Waals surface area contributed by atoms with Crippen LogP contribution in [0.2, 0.25) is 0 Å². The second kappa shape index (κ2) is 10.4. The van der Waals surface area contributed by atoms with Gasteiger partial charge in [-0.1, -0.05) is 60.7 Å². The van der Waals surface area contributed by atoms with Crippen LogP contribution in [0.5, 0.6) is 5.75 Å². The molecule has 1 aliphatic carbocycles. The maximum Gasteiger partial charge on any atom is 0.216 e. The Morgan fingerprint density at radius 3 is 2.41 bits per heavy atom. The third-order valence-corrected chi connectivity index (χ3v) is 7.30. The Bertz CT molecular complexity index is 1440. The Hall–Kier alpha value is -4.19. The Balaban J connectivity index is 1.65. The first-order valence-electron chi connectivity index (χ1n) is 12.6. The van der Waals surface area contributed by atoms with Gasteiger partial charge in [-0.05, 0) is 41.3 Å². The number of nitrogens with one attached hydrogen (secondary N) is 2. The SMILES string of the molecule is COc1ccc2[nH]c(C(c3ccccc3)C3C(=O)CC(c4ccccc4)C3=O)c(CCNC(C)=O)c2c1. The van der Waals surface area contributed by atoms with E-state index < -0.39 is 17.8 Å². The summed E-state index contributed by atoms with van der Waals surface area (Å²) in [5, 5.41) is 3.84. The number of Topliss-reactive ketones (excluding diaryl/α,β-unsaturated/α-hetero) is 2. The average molecular weight is 495 g/mol. The number of aromatic nitrogens is 1. The minimum atomic E-state index is -0.804. The predicted octanol–water partition coefficient (Wildman–Crippen LogP) is 4.93. The van der Waals surface area contributed by atoms with Gasteiger partial charge in [0.25, 0.3) is 0 Å². The van der Waals surface area contributed by atoms with Crippen molar-refractivity contribution in [1.29, 1.82) is 0 Å². The summed E-state index contributed by atoms with van der Waals surface area (Å²) in [5.41, 5.74) is 4.48. The molecule has 37 heavy (non-hydrogen) atoms. The van der Waals surface area contributed by atoms with Crippen LogP contribution in [-0.4, -0.2) is 36.1 Å². The summed E-state index contributed by atoms with van der Waals surface area (Å²) in [7, 11) is 1.62. The van der Waals surface area contributed by atoms with E-state index in [-0.39, 0.29) is 23.9 Å².